The number of pyridine rings is 2. The molecular formula is C29H24ClF3N6O4. The number of ether oxygens (including phenoxy) is 2. The van der Waals surface area contributed by atoms with Gasteiger partial charge in [-0.1, -0.05) is 18.2 Å². The lowest BCUT2D eigenvalue weighted by Gasteiger charge is -2.44. The number of aromatic nitrogens is 4. The van der Waals surface area contributed by atoms with Crippen LogP contribution in [-0.4, -0.2) is 68.7 Å². The van der Waals surface area contributed by atoms with Crippen molar-refractivity contribution in [2.75, 3.05) is 31.2 Å². The minimum atomic E-state index is -1.01. The number of carbonyl (C=O) groups excluding carboxylic acids is 1. The van der Waals surface area contributed by atoms with Crippen LogP contribution in [0, 0.1) is 17.5 Å². The summed E-state index contributed by atoms with van der Waals surface area (Å²) in [5, 5.41) is -0.0668. The average Bonchev–Trinajstić information content (AvgIpc) is 2.97. The highest BCUT2D eigenvalue weighted by atomic mass is 35.5. The van der Waals surface area contributed by atoms with Crippen LogP contribution < -0.4 is 20.1 Å². The van der Waals surface area contributed by atoms with Crippen LogP contribution in [-0.2, 0) is 4.79 Å². The zero-order valence-corrected chi connectivity index (χ0v) is 23.7. The number of amides is 1. The van der Waals surface area contributed by atoms with Gasteiger partial charge >= 0.3 is 5.69 Å². The van der Waals surface area contributed by atoms with E-state index in [1.807, 2.05) is 13.8 Å². The number of hydrogen-bond donors (Lipinski definition) is 0. The van der Waals surface area contributed by atoms with Crippen molar-refractivity contribution in [2.24, 2.45) is 0 Å². The maximum atomic E-state index is 16.0. The molecule has 2 aliphatic heterocycles. The second-order valence-electron chi connectivity index (χ2n) is 10.2. The van der Waals surface area contributed by atoms with E-state index in [9.17, 15) is 14.0 Å². The Labute approximate surface area is 247 Å². The van der Waals surface area contributed by atoms with Gasteiger partial charge in [-0.05, 0) is 38.1 Å². The molecule has 1 fully saturated rings. The van der Waals surface area contributed by atoms with Crippen LogP contribution in [0.1, 0.15) is 13.8 Å². The molecular weight excluding hydrogens is 589 g/mol. The standard InChI is InChI=1S/C29H24ClF3N6O4/c1-4-21(40)37-12-15(3)38(13-14(37)2)27-16-11-19(33)23-22-17(31)5-6-18(32)25(22)43-10-9-42-20-7-8-34-26(30)24(20)39(28(16)35-23)29(41)36-27/h4-8,11,14-15H,1,9-10,12-13H2,2-3H3/t14-,15+/m1/s1. The van der Waals surface area contributed by atoms with Crippen molar-refractivity contribution >= 4 is 34.4 Å². The van der Waals surface area contributed by atoms with Gasteiger partial charge in [-0.15, -0.1) is 0 Å². The molecule has 0 aliphatic carbocycles. The van der Waals surface area contributed by atoms with Crippen LogP contribution in [0.4, 0.5) is 19.0 Å². The molecule has 10 nitrogen and oxygen atoms in total. The Morgan fingerprint density at radius 1 is 1.05 bits per heavy atom. The molecule has 2 aliphatic rings. The fraction of sp³-hybridized carbons (Fsp3) is 0.276. The largest absolute Gasteiger partial charge is 0.488 e. The number of rotatable bonds is 2. The first-order valence-corrected chi connectivity index (χ1v) is 13.7. The molecule has 0 spiro atoms. The third kappa shape index (κ3) is 4.73. The number of piperazine rings is 1. The molecule has 4 aromatic rings. The van der Waals surface area contributed by atoms with Gasteiger partial charge in [-0.25, -0.2) is 32.5 Å². The Morgan fingerprint density at radius 3 is 2.56 bits per heavy atom. The quantitative estimate of drug-likeness (QED) is 0.244. The van der Waals surface area contributed by atoms with Gasteiger partial charge in [0, 0.05) is 37.4 Å². The summed E-state index contributed by atoms with van der Waals surface area (Å²) in [7, 11) is 0. The minimum absolute atomic E-state index is 0.0217. The molecule has 3 aromatic heterocycles. The van der Waals surface area contributed by atoms with Crippen LogP contribution >= 0.6 is 11.6 Å². The van der Waals surface area contributed by atoms with E-state index < -0.39 is 40.1 Å². The highest BCUT2D eigenvalue weighted by molar-refractivity contribution is 6.31. The molecule has 0 N–H and O–H groups in total. The maximum Gasteiger partial charge on any atom is 0.356 e. The third-order valence-corrected chi connectivity index (χ3v) is 7.74. The Balaban J connectivity index is 1.68. The van der Waals surface area contributed by atoms with E-state index in [0.29, 0.717) is 0 Å². The lowest BCUT2D eigenvalue weighted by Crippen LogP contribution is -2.58. The SMILES string of the molecule is C=CC(=O)N1C[C@H](C)N(c2nc(=O)n3c4nc(c(F)cc24)-c2c(F)ccc(F)c2OCCOc2ccnc(Cl)c2-3)C[C@H]1C. The smallest absolute Gasteiger partial charge is 0.356 e. The number of nitrogens with zero attached hydrogens (tertiary/aromatic N) is 6. The van der Waals surface area contributed by atoms with Crippen molar-refractivity contribution in [3.05, 3.63) is 76.2 Å². The van der Waals surface area contributed by atoms with Crippen LogP contribution in [0.3, 0.4) is 0 Å². The van der Waals surface area contributed by atoms with Crippen molar-refractivity contribution in [1.29, 1.82) is 0 Å². The summed E-state index contributed by atoms with van der Waals surface area (Å²) in [5.41, 5.74) is -2.19. The summed E-state index contributed by atoms with van der Waals surface area (Å²) < 4.78 is 58.5. The number of carbonyl (C=O) groups is 1. The van der Waals surface area contributed by atoms with Crippen molar-refractivity contribution in [3.63, 3.8) is 0 Å². The molecule has 2 atom stereocenters. The van der Waals surface area contributed by atoms with E-state index in [1.54, 1.807) is 9.80 Å². The Bertz CT molecular complexity index is 1870. The van der Waals surface area contributed by atoms with Crippen molar-refractivity contribution in [1.82, 2.24) is 24.4 Å². The molecule has 1 amide bonds. The van der Waals surface area contributed by atoms with Crippen LogP contribution in [0.5, 0.6) is 11.5 Å². The van der Waals surface area contributed by atoms with Gasteiger partial charge in [-0.3, -0.25) is 4.79 Å². The Morgan fingerprint density at radius 2 is 1.79 bits per heavy atom. The van der Waals surface area contributed by atoms with Gasteiger partial charge in [-0.2, -0.15) is 4.98 Å². The van der Waals surface area contributed by atoms with Gasteiger partial charge in [0.25, 0.3) is 0 Å². The molecule has 1 saturated heterocycles. The molecule has 0 radical (unpaired) electrons. The molecule has 0 unspecified atom stereocenters. The summed E-state index contributed by atoms with van der Waals surface area (Å²) in [4.78, 5) is 42.5. The normalized spacial score (nSPS) is 18.2. The van der Waals surface area contributed by atoms with Crippen molar-refractivity contribution < 1.29 is 27.4 Å². The predicted octanol–water partition coefficient (Wildman–Crippen LogP) is 4.30. The molecule has 6 rings (SSSR count). The number of fused-ring (bicyclic) bond motifs is 5. The Hall–Kier alpha value is -4.65. The molecule has 43 heavy (non-hydrogen) atoms. The van der Waals surface area contributed by atoms with Crippen LogP contribution in [0.15, 0.2) is 47.9 Å². The van der Waals surface area contributed by atoms with E-state index in [0.717, 1.165) is 22.8 Å². The molecule has 2 bridgehead atoms. The van der Waals surface area contributed by atoms with Gasteiger partial charge < -0.3 is 19.3 Å². The highest BCUT2D eigenvalue weighted by Crippen LogP contribution is 2.39. The topological polar surface area (TPSA) is 103 Å². The molecule has 0 saturated carbocycles. The number of benzene rings is 1. The summed E-state index contributed by atoms with van der Waals surface area (Å²) in [5.74, 6) is -3.56. The summed E-state index contributed by atoms with van der Waals surface area (Å²) >= 11 is 6.47. The van der Waals surface area contributed by atoms with E-state index in [1.165, 1.54) is 18.3 Å². The first-order chi connectivity index (χ1) is 20.6. The summed E-state index contributed by atoms with van der Waals surface area (Å²) in [6.45, 7) is 7.30. The van der Waals surface area contributed by atoms with E-state index in [4.69, 9.17) is 21.1 Å². The van der Waals surface area contributed by atoms with Gasteiger partial charge in [0.2, 0.25) is 5.91 Å². The molecule has 222 valence electrons. The van der Waals surface area contributed by atoms with Gasteiger partial charge in [0.05, 0.1) is 10.9 Å². The number of anilines is 1. The van der Waals surface area contributed by atoms with Crippen molar-refractivity contribution in [2.45, 2.75) is 25.9 Å². The van der Waals surface area contributed by atoms with E-state index >= 15 is 8.78 Å². The first-order valence-electron chi connectivity index (χ1n) is 13.3. The number of hydrogen-bond acceptors (Lipinski definition) is 8. The number of halogens is 4. The zero-order valence-electron chi connectivity index (χ0n) is 23.0. The first kappa shape index (κ1) is 28.5. The van der Waals surface area contributed by atoms with Gasteiger partial charge in [0.1, 0.15) is 42.0 Å². The predicted molar refractivity (Wildman–Crippen MR) is 152 cm³/mol. The van der Waals surface area contributed by atoms with Crippen LogP contribution in [0.25, 0.3) is 28.0 Å². The lowest BCUT2D eigenvalue weighted by atomic mass is 10.1. The third-order valence-electron chi connectivity index (χ3n) is 7.47. The fourth-order valence-electron chi connectivity index (χ4n) is 5.47. The van der Waals surface area contributed by atoms with E-state index in [2.05, 4.69) is 21.5 Å². The fourth-order valence-corrected chi connectivity index (χ4v) is 5.70. The van der Waals surface area contributed by atoms with Crippen molar-refractivity contribution in [3.8, 4) is 28.4 Å². The monoisotopic (exact) mass is 612 g/mol. The Kier molecular flexibility index (Phi) is 7.20. The zero-order chi connectivity index (χ0) is 30.6. The highest BCUT2D eigenvalue weighted by Gasteiger charge is 2.34. The minimum Gasteiger partial charge on any atom is -0.488 e. The molecule has 14 heteroatoms. The van der Waals surface area contributed by atoms with E-state index in [-0.39, 0.29) is 77.7 Å². The second kappa shape index (κ2) is 10.9. The molecule has 1 aromatic carbocycles. The summed E-state index contributed by atoms with van der Waals surface area (Å²) in [6.07, 6.45) is 2.59. The van der Waals surface area contributed by atoms with Gasteiger partial charge in [0.15, 0.2) is 28.2 Å². The maximum absolute atomic E-state index is 16.0. The second-order valence-corrected chi connectivity index (χ2v) is 10.5. The molecule has 5 heterocycles. The van der Waals surface area contributed by atoms with Crippen LogP contribution in [0.2, 0.25) is 5.15 Å². The lowest BCUT2D eigenvalue weighted by molar-refractivity contribution is -0.128. The summed E-state index contributed by atoms with van der Waals surface area (Å²) in [6, 6.07) is 3.53. The average molecular weight is 613 g/mol.